The molecule has 1 aliphatic heterocycles. The van der Waals surface area contributed by atoms with E-state index < -0.39 is 0 Å². The van der Waals surface area contributed by atoms with E-state index in [1.165, 1.54) is 12.1 Å². The summed E-state index contributed by atoms with van der Waals surface area (Å²) in [5, 5.41) is 3.36. The first-order valence-electron chi connectivity index (χ1n) is 5.77. The lowest BCUT2D eigenvalue weighted by molar-refractivity contribution is 0.0207. The summed E-state index contributed by atoms with van der Waals surface area (Å²) in [7, 11) is 0. The number of hydrogen-bond acceptors (Lipinski definition) is 2. The van der Waals surface area contributed by atoms with Crippen LogP contribution >= 0.6 is 0 Å². The van der Waals surface area contributed by atoms with Gasteiger partial charge in [0.25, 0.3) is 0 Å². The molecule has 1 saturated heterocycles. The molecule has 1 aliphatic rings. The molecule has 0 bridgehead atoms. The Kier molecular flexibility index (Phi) is 3.56. The molecule has 2 rings (SSSR count). The van der Waals surface area contributed by atoms with Crippen molar-refractivity contribution < 1.29 is 9.13 Å². The van der Waals surface area contributed by atoms with Gasteiger partial charge >= 0.3 is 0 Å². The van der Waals surface area contributed by atoms with Gasteiger partial charge in [0, 0.05) is 19.7 Å². The molecular weight excluding hydrogens is 205 g/mol. The molecule has 1 aromatic rings. The molecule has 16 heavy (non-hydrogen) atoms. The molecule has 0 saturated carbocycles. The van der Waals surface area contributed by atoms with Gasteiger partial charge < -0.3 is 10.1 Å². The normalized spacial score (nSPS) is 24.9. The lowest BCUT2D eigenvalue weighted by Gasteiger charge is -2.23. The van der Waals surface area contributed by atoms with E-state index in [1.54, 1.807) is 12.1 Å². The van der Waals surface area contributed by atoms with E-state index in [2.05, 4.69) is 12.2 Å². The van der Waals surface area contributed by atoms with Gasteiger partial charge in [0.2, 0.25) is 0 Å². The maximum absolute atomic E-state index is 12.7. The Morgan fingerprint density at radius 3 is 2.75 bits per heavy atom. The maximum Gasteiger partial charge on any atom is 0.123 e. The molecule has 0 aliphatic carbocycles. The average Bonchev–Trinajstić information content (AvgIpc) is 2.69. The fourth-order valence-corrected chi connectivity index (χ4v) is 2.05. The molecule has 3 heteroatoms. The van der Waals surface area contributed by atoms with E-state index in [0.29, 0.717) is 0 Å². The Labute approximate surface area is 95.8 Å². The van der Waals surface area contributed by atoms with Crippen molar-refractivity contribution in [1.82, 2.24) is 5.32 Å². The molecule has 1 unspecified atom stereocenters. The summed E-state index contributed by atoms with van der Waals surface area (Å²) in [6.45, 7) is 4.62. The first-order chi connectivity index (χ1) is 7.68. The van der Waals surface area contributed by atoms with Crippen LogP contribution in [0.15, 0.2) is 24.3 Å². The lowest BCUT2D eigenvalue weighted by Crippen LogP contribution is -2.36. The molecule has 1 fully saturated rings. The highest BCUT2D eigenvalue weighted by Crippen LogP contribution is 2.23. The van der Waals surface area contributed by atoms with E-state index in [9.17, 15) is 4.39 Å². The quantitative estimate of drug-likeness (QED) is 0.846. The second-order valence-electron chi connectivity index (χ2n) is 4.63. The van der Waals surface area contributed by atoms with Crippen LogP contribution in [-0.4, -0.2) is 18.8 Å². The Bertz CT molecular complexity index is 330. The van der Waals surface area contributed by atoms with E-state index in [0.717, 1.165) is 38.1 Å². The zero-order valence-electron chi connectivity index (χ0n) is 9.63. The lowest BCUT2D eigenvalue weighted by atomic mass is 10.0. The van der Waals surface area contributed by atoms with E-state index in [-0.39, 0.29) is 11.4 Å². The summed E-state index contributed by atoms with van der Waals surface area (Å²) in [5.41, 5.74) is 1.09. The molecule has 1 N–H and O–H groups in total. The largest absolute Gasteiger partial charge is 0.374 e. The predicted octanol–water partition coefficient (Wildman–Crippen LogP) is 2.48. The third kappa shape index (κ3) is 3.03. The van der Waals surface area contributed by atoms with Gasteiger partial charge in [0.1, 0.15) is 5.82 Å². The number of nitrogens with one attached hydrogen (secondary N) is 1. The summed E-state index contributed by atoms with van der Waals surface area (Å²) in [5.74, 6) is -0.185. The molecular formula is C13H18FNO. The van der Waals surface area contributed by atoms with Crippen molar-refractivity contribution in [1.29, 1.82) is 0 Å². The monoisotopic (exact) mass is 223 g/mol. The first kappa shape index (κ1) is 11.6. The van der Waals surface area contributed by atoms with Crippen molar-refractivity contribution in [3.8, 4) is 0 Å². The van der Waals surface area contributed by atoms with Crippen LogP contribution in [0.2, 0.25) is 0 Å². The third-order valence-electron chi connectivity index (χ3n) is 3.04. The minimum Gasteiger partial charge on any atom is -0.374 e. The number of ether oxygens (including phenoxy) is 1. The maximum atomic E-state index is 12.7. The molecule has 0 amide bonds. The van der Waals surface area contributed by atoms with Crippen LogP contribution in [0.4, 0.5) is 4.39 Å². The third-order valence-corrected chi connectivity index (χ3v) is 3.04. The molecule has 2 nitrogen and oxygen atoms in total. The highest BCUT2D eigenvalue weighted by molar-refractivity contribution is 5.15. The standard InChI is InChI=1S/C13H18FNO/c1-13(7-2-8-16-13)10-15-9-11-3-5-12(14)6-4-11/h3-6,15H,2,7-10H2,1H3. The highest BCUT2D eigenvalue weighted by atomic mass is 19.1. The summed E-state index contributed by atoms with van der Waals surface area (Å²) < 4.78 is 18.4. The van der Waals surface area contributed by atoms with Crippen molar-refractivity contribution in [2.75, 3.05) is 13.2 Å². The SMILES string of the molecule is CC1(CNCc2ccc(F)cc2)CCCO1. The second kappa shape index (κ2) is 4.93. The Hall–Kier alpha value is -0.930. The summed E-state index contributed by atoms with van der Waals surface area (Å²) in [6.07, 6.45) is 2.26. The van der Waals surface area contributed by atoms with E-state index in [4.69, 9.17) is 4.74 Å². The topological polar surface area (TPSA) is 21.3 Å². The molecule has 0 radical (unpaired) electrons. The number of hydrogen-bond donors (Lipinski definition) is 1. The summed E-state index contributed by atoms with van der Waals surface area (Å²) >= 11 is 0. The van der Waals surface area contributed by atoms with Gasteiger partial charge in [0.05, 0.1) is 5.60 Å². The molecule has 1 atom stereocenters. The van der Waals surface area contributed by atoms with Gasteiger partial charge in [-0.3, -0.25) is 0 Å². The number of benzene rings is 1. The fraction of sp³-hybridized carbons (Fsp3) is 0.538. The van der Waals surface area contributed by atoms with Gasteiger partial charge in [-0.1, -0.05) is 12.1 Å². The van der Waals surface area contributed by atoms with Crippen molar-refractivity contribution >= 4 is 0 Å². The van der Waals surface area contributed by atoms with Crippen molar-refractivity contribution in [2.45, 2.75) is 31.9 Å². The van der Waals surface area contributed by atoms with Gasteiger partial charge in [0.15, 0.2) is 0 Å². The summed E-state index contributed by atoms with van der Waals surface area (Å²) in [4.78, 5) is 0. The molecule has 0 aromatic heterocycles. The van der Waals surface area contributed by atoms with Crippen molar-refractivity contribution in [3.63, 3.8) is 0 Å². The van der Waals surface area contributed by atoms with Crippen LogP contribution in [-0.2, 0) is 11.3 Å². The summed E-state index contributed by atoms with van der Waals surface area (Å²) in [6, 6.07) is 6.59. The Morgan fingerprint density at radius 2 is 2.12 bits per heavy atom. The van der Waals surface area contributed by atoms with E-state index >= 15 is 0 Å². The van der Waals surface area contributed by atoms with Crippen LogP contribution in [0, 0.1) is 5.82 Å². The highest BCUT2D eigenvalue weighted by Gasteiger charge is 2.28. The Morgan fingerprint density at radius 1 is 1.38 bits per heavy atom. The van der Waals surface area contributed by atoms with Crippen LogP contribution in [0.5, 0.6) is 0 Å². The molecule has 1 aromatic carbocycles. The van der Waals surface area contributed by atoms with E-state index in [1.807, 2.05) is 0 Å². The predicted molar refractivity (Wildman–Crippen MR) is 61.7 cm³/mol. The Balaban J connectivity index is 1.77. The first-order valence-corrected chi connectivity index (χ1v) is 5.77. The second-order valence-corrected chi connectivity index (χ2v) is 4.63. The molecule has 0 spiro atoms. The zero-order valence-corrected chi connectivity index (χ0v) is 9.63. The molecule has 88 valence electrons. The van der Waals surface area contributed by atoms with Gasteiger partial charge in [-0.2, -0.15) is 0 Å². The van der Waals surface area contributed by atoms with Gasteiger partial charge in [-0.15, -0.1) is 0 Å². The van der Waals surface area contributed by atoms with Crippen LogP contribution in [0.3, 0.4) is 0 Å². The smallest absolute Gasteiger partial charge is 0.123 e. The number of halogens is 1. The van der Waals surface area contributed by atoms with Crippen LogP contribution < -0.4 is 5.32 Å². The van der Waals surface area contributed by atoms with Crippen molar-refractivity contribution in [2.24, 2.45) is 0 Å². The van der Waals surface area contributed by atoms with Crippen LogP contribution in [0.25, 0.3) is 0 Å². The fourth-order valence-electron chi connectivity index (χ4n) is 2.05. The average molecular weight is 223 g/mol. The number of rotatable bonds is 4. The van der Waals surface area contributed by atoms with Crippen molar-refractivity contribution in [3.05, 3.63) is 35.6 Å². The molecule has 1 heterocycles. The van der Waals surface area contributed by atoms with Gasteiger partial charge in [-0.05, 0) is 37.5 Å². The minimum absolute atomic E-state index is 0.0139. The zero-order chi connectivity index (χ0) is 11.4. The van der Waals surface area contributed by atoms with Gasteiger partial charge in [-0.25, -0.2) is 4.39 Å². The minimum atomic E-state index is -0.185. The van der Waals surface area contributed by atoms with Crippen LogP contribution in [0.1, 0.15) is 25.3 Å².